The summed E-state index contributed by atoms with van der Waals surface area (Å²) in [4.78, 5) is 17.0. The summed E-state index contributed by atoms with van der Waals surface area (Å²) in [5.74, 6) is -0.0875. The maximum atomic E-state index is 12.9. The van der Waals surface area contributed by atoms with Crippen LogP contribution in [0, 0.1) is 16.7 Å². The van der Waals surface area contributed by atoms with Gasteiger partial charge in [0.05, 0.1) is 24.4 Å². The Labute approximate surface area is 154 Å². The van der Waals surface area contributed by atoms with E-state index in [1.165, 1.54) is 0 Å². The van der Waals surface area contributed by atoms with E-state index in [2.05, 4.69) is 11.0 Å². The van der Waals surface area contributed by atoms with Crippen molar-refractivity contribution in [2.75, 3.05) is 45.9 Å². The first-order valence-corrected chi connectivity index (χ1v) is 9.14. The number of carbonyl (C=O) groups excluding carboxylic acids is 1. The van der Waals surface area contributed by atoms with Crippen LogP contribution in [-0.2, 0) is 11.8 Å². The molecule has 2 fully saturated rings. The molecule has 0 radical (unpaired) electrons. The summed E-state index contributed by atoms with van der Waals surface area (Å²) in [5, 5.41) is 20.4. The number of morpholine rings is 1. The van der Waals surface area contributed by atoms with Crippen LogP contribution in [0.1, 0.15) is 36.3 Å². The monoisotopic (exact) mass is 360 g/mol. The van der Waals surface area contributed by atoms with Crippen LogP contribution in [0.4, 0.5) is 0 Å². The first-order chi connectivity index (χ1) is 12.3. The summed E-state index contributed by atoms with van der Waals surface area (Å²) >= 11 is 0. The number of piperidine rings is 1. The number of aryl methyl sites for hydroxylation is 1. The van der Waals surface area contributed by atoms with Gasteiger partial charge in [-0.15, -0.1) is 0 Å². The fraction of sp³-hybridized carbons (Fsp3) is 0.684. The van der Waals surface area contributed by atoms with Crippen LogP contribution in [0.25, 0.3) is 0 Å². The number of amides is 1. The van der Waals surface area contributed by atoms with Crippen molar-refractivity contribution in [3.8, 4) is 6.07 Å². The van der Waals surface area contributed by atoms with Crippen molar-refractivity contribution >= 4 is 5.91 Å². The predicted octanol–water partition coefficient (Wildman–Crippen LogP) is 0.832. The molecule has 0 aliphatic carbocycles. The minimum Gasteiger partial charge on any atom is -0.388 e. The van der Waals surface area contributed by atoms with Crippen molar-refractivity contribution in [1.82, 2.24) is 14.4 Å². The Hall–Kier alpha value is -1.88. The van der Waals surface area contributed by atoms with Gasteiger partial charge in [0.2, 0.25) is 0 Å². The lowest BCUT2D eigenvalue weighted by Crippen LogP contribution is -2.63. The summed E-state index contributed by atoms with van der Waals surface area (Å²) in [5.41, 5.74) is -0.276. The third-order valence-corrected chi connectivity index (χ3v) is 5.87. The summed E-state index contributed by atoms with van der Waals surface area (Å²) in [6.45, 7) is 8.73. The smallest absolute Gasteiger partial charge is 0.270 e. The van der Waals surface area contributed by atoms with Gasteiger partial charge in [0.15, 0.2) is 0 Å². The standard InChI is InChI=1S/C19H28N4O3/c1-18(2)13-23(17(24)16-10-15(11-20)12-21(16)3)5-4-19(18,25)14-22-6-8-26-9-7-22/h10,12,25H,4-9,13-14H2,1-3H3. The number of rotatable bonds is 3. The van der Waals surface area contributed by atoms with E-state index in [-0.39, 0.29) is 5.91 Å². The zero-order chi connectivity index (χ0) is 18.9. The fourth-order valence-electron chi connectivity index (χ4n) is 3.96. The van der Waals surface area contributed by atoms with Crippen molar-refractivity contribution < 1.29 is 14.6 Å². The van der Waals surface area contributed by atoms with Crippen LogP contribution in [-0.4, -0.2) is 76.9 Å². The zero-order valence-electron chi connectivity index (χ0n) is 15.9. The maximum absolute atomic E-state index is 12.9. The van der Waals surface area contributed by atoms with Crippen molar-refractivity contribution in [3.05, 3.63) is 23.5 Å². The molecule has 0 spiro atoms. The second kappa shape index (κ2) is 7.03. The number of nitrogens with zero attached hydrogens (tertiary/aromatic N) is 4. The van der Waals surface area contributed by atoms with Gasteiger partial charge in [0.25, 0.3) is 5.91 Å². The van der Waals surface area contributed by atoms with Gasteiger partial charge in [0.1, 0.15) is 11.8 Å². The van der Waals surface area contributed by atoms with E-state index in [0.717, 1.165) is 13.1 Å². The molecule has 1 N–H and O–H groups in total. The Morgan fingerprint density at radius 2 is 2.04 bits per heavy atom. The largest absolute Gasteiger partial charge is 0.388 e. The van der Waals surface area contributed by atoms with Crippen LogP contribution in [0.5, 0.6) is 0 Å². The predicted molar refractivity (Wildman–Crippen MR) is 96.6 cm³/mol. The van der Waals surface area contributed by atoms with Gasteiger partial charge in [-0.25, -0.2) is 0 Å². The van der Waals surface area contributed by atoms with Crippen molar-refractivity contribution in [3.63, 3.8) is 0 Å². The van der Waals surface area contributed by atoms with E-state index in [0.29, 0.717) is 50.5 Å². The minimum absolute atomic E-state index is 0.0875. The molecule has 2 aliphatic heterocycles. The van der Waals surface area contributed by atoms with E-state index < -0.39 is 11.0 Å². The van der Waals surface area contributed by atoms with Crippen LogP contribution in [0.15, 0.2) is 12.3 Å². The first-order valence-electron chi connectivity index (χ1n) is 9.14. The molecule has 7 nitrogen and oxygen atoms in total. The van der Waals surface area contributed by atoms with Crippen LogP contribution >= 0.6 is 0 Å². The molecular formula is C19H28N4O3. The minimum atomic E-state index is -0.840. The highest BCUT2D eigenvalue weighted by Crippen LogP contribution is 2.39. The summed E-state index contributed by atoms with van der Waals surface area (Å²) < 4.78 is 7.09. The lowest BCUT2D eigenvalue weighted by molar-refractivity contribution is -0.133. The number of carbonyl (C=O) groups is 1. The van der Waals surface area contributed by atoms with E-state index >= 15 is 0 Å². The Kier molecular flexibility index (Phi) is 5.11. The lowest BCUT2D eigenvalue weighted by Gasteiger charge is -2.52. The number of aromatic nitrogens is 1. The Bertz CT molecular complexity index is 715. The van der Waals surface area contributed by atoms with Gasteiger partial charge in [0, 0.05) is 51.4 Å². The number of nitriles is 1. The molecule has 0 aromatic carbocycles. The first kappa shape index (κ1) is 18.9. The Morgan fingerprint density at radius 3 is 2.62 bits per heavy atom. The van der Waals surface area contributed by atoms with Crippen LogP contribution < -0.4 is 0 Å². The molecule has 3 heterocycles. The molecule has 2 saturated heterocycles. The molecule has 2 aliphatic rings. The molecule has 7 heteroatoms. The average Bonchev–Trinajstić information content (AvgIpc) is 2.98. The third kappa shape index (κ3) is 3.50. The lowest BCUT2D eigenvalue weighted by atomic mass is 9.69. The average molecular weight is 360 g/mol. The molecule has 1 unspecified atom stereocenters. The van der Waals surface area contributed by atoms with Crippen molar-refractivity contribution in [2.24, 2.45) is 12.5 Å². The highest BCUT2D eigenvalue weighted by atomic mass is 16.5. The van der Waals surface area contributed by atoms with E-state index in [1.807, 2.05) is 13.8 Å². The number of likely N-dealkylation sites (tertiary alicyclic amines) is 1. The molecule has 142 valence electrons. The SMILES string of the molecule is Cn1cc(C#N)cc1C(=O)N1CCC(O)(CN2CCOCC2)C(C)(C)C1. The van der Waals surface area contributed by atoms with Gasteiger partial charge < -0.3 is 19.3 Å². The quantitative estimate of drug-likeness (QED) is 0.864. The van der Waals surface area contributed by atoms with E-state index in [4.69, 9.17) is 10.00 Å². The molecule has 3 rings (SSSR count). The van der Waals surface area contributed by atoms with Gasteiger partial charge in [-0.2, -0.15) is 5.26 Å². The highest BCUT2D eigenvalue weighted by molar-refractivity contribution is 5.93. The van der Waals surface area contributed by atoms with E-state index in [9.17, 15) is 9.90 Å². The van der Waals surface area contributed by atoms with Crippen molar-refractivity contribution in [2.45, 2.75) is 25.9 Å². The number of hydrogen-bond acceptors (Lipinski definition) is 5. The second-order valence-electron chi connectivity index (χ2n) is 8.12. The van der Waals surface area contributed by atoms with Gasteiger partial charge >= 0.3 is 0 Å². The number of hydrogen-bond donors (Lipinski definition) is 1. The molecule has 1 atom stereocenters. The van der Waals surface area contributed by atoms with Crippen LogP contribution in [0.2, 0.25) is 0 Å². The van der Waals surface area contributed by atoms with Crippen molar-refractivity contribution in [1.29, 1.82) is 5.26 Å². The normalized spacial score (nSPS) is 26.5. The number of ether oxygens (including phenoxy) is 1. The summed E-state index contributed by atoms with van der Waals surface area (Å²) in [7, 11) is 1.78. The zero-order valence-corrected chi connectivity index (χ0v) is 15.9. The van der Waals surface area contributed by atoms with Crippen LogP contribution in [0.3, 0.4) is 0 Å². The van der Waals surface area contributed by atoms with E-state index in [1.54, 1.807) is 28.8 Å². The maximum Gasteiger partial charge on any atom is 0.270 e. The molecule has 1 amide bonds. The highest BCUT2D eigenvalue weighted by Gasteiger charge is 2.49. The second-order valence-corrected chi connectivity index (χ2v) is 8.12. The summed E-state index contributed by atoms with van der Waals surface area (Å²) in [6.07, 6.45) is 2.20. The number of aliphatic hydroxyl groups is 1. The van der Waals surface area contributed by atoms with Gasteiger partial charge in [-0.3, -0.25) is 9.69 Å². The molecule has 1 aromatic rings. The third-order valence-electron chi connectivity index (χ3n) is 5.87. The topological polar surface area (TPSA) is 81.7 Å². The fourth-order valence-corrected chi connectivity index (χ4v) is 3.96. The molecule has 1 aromatic heterocycles. The molecular weight excluding hydrogens is 332 g/mol. The summed E-state index contributed by atoms with van der Waals surface area (Å²) in [6, 6.07) is 3.70. The number of β-amino-alcohol motifs (C(OH)–C–C–N with tert-alkyl or cyclic N) is 1. The molecule has 0 bridgehead atoms. The van der Waals surface area contributed by atoms with Gasteiger partial charge in [-0.05, 0) is 12.5 Å². The Morgan fingerprint density at radius 1 is 1.35 bits per heavy atom. The molecule has 0 saturated carbocycles. The van der Waals surface area contributed by atoms with Gasteiger partial charge in [-0.1, -0.05) is 13.8 Å². The Balaban J connectivity index is 1.72. The molecule has 26 heavy (non-hydrogen) atoms.